The lowest BCUT2D eigenvalue weighted by atomic mass is 10.4. The van der Waals surface area contributed by atoms with Crippen LogP contribution in [0.3, 0.4) is 0 Å². The normalized spacial score (nSPS) is 13.6. The zero-order valence-electron chi connectivity index (χ0n) is 8.50. The summed E-state index contributed by atoms with van der Waals surface area (Å²) in [5, 5.41) is 3.22. The van der Waals surface area contributed by atoms with Crippen LogP contribution in [0.4, 0.5) is 0 Å². The van der Waals surface area contributed by atoms with Gasteiger partial charge in [0, 0.05) is 39.3 Å². The molecule has 0 rings (SSSR count). The fourth-order valence-corrected chi connectivity index (χ4v) is 1.13. The SMILES string of the molecule is CC(N)N(CCN)CCNCCN. The van der Waals surface area contributed by atoms with Gasteiger partial charge in [-0.05, 0) is 6.92 Å². The van der Waals surface area contributed by atoms with Crippen LogP contribution in [0.25, 0.3) is 0 Å². The topological polar surface area (TPSA) is 93.3 Å². The maximum absolute atomic E-state index is 5.76. The summed E-state index contributed by atoms with van der Waals surface area (Å²) in [6, 6.07) is 0. The molecule has 0 aromatic heterocycles. The van der Waals surface area contributed by atoms with Crippen molar-refractivity contribution in [3.63, 3.8) is 0 Å². The highest BCUT2D eigenvalue weighted by atomic mass is 15.2. The molecule has 0 aliphatic carbocycles. The van der Waals surface area contributed by atoms with Gasteiger partial charge in [-0.3, -0.25) is 4.90 Å². The molecular weight excluding hydrogens is 166 g/mol. The first-order valence-corrected chi connectivity index (χ1v) is 4.82. The quantitative estimate of drug-likeness (QED) is 0.264. The largest absolute Gasteiger partial charge is 0.329 e. The third-order valence-corrected chi connectivity index (χ3v) is 1.89. The Morgan fingerprint density at radius 1 is 1.15 bits per heavy atom. The Balaban J connectivity index is 3.45. The molecule has 0 saturated carbocycles. The Hall–Kier alpha value is -0.200. The monoisotopic (exact) mass is 189 g/mol. The van der Waals surface area contributed by atoms with Crippen LogP contribution in [0.1, 0.15) is 6.92 Å². The Morgan fingerprint density at radius 2 is 1.85 bits per heavy atom. The van der Waals surface area contributed by atoms with E-state index >= 15 is 0 Å². The van der Waals surface area contributed by atoms with Crippen molar-refractivity contribution in [1.82, 2.24) is 10.2 Å². The number of nitrogens with zero attached hydrogens (tertiary/aromatic N) is 1. The van der Waals surface area contributed by atoms with Crippen LogP contribution in [-0.2, 0) is 0 Å². The molecule has 0 radical (unpaired) electrons. The average molecular weight is 189 g/mol. The van der Waals surface area contributed by atoms with Crippen LogP contribution in [0.2, 0.25) is 0 Å². The molecule has 5 heteroatoms. The molecule has 1 unspecified atom stereocenters. The van der Waals surface area contributed by atoms with E-state index in [4.69, 9.17) is 17.2 Å². The maximum Gasteiger partial charge on any atom is 0.0543 e. The summed E-state index contributed by atoms with van der Waals surface area (Å²) >= 11 is 0. The number of nitrogens with two attached hydrogens (primary N) is 3. The zero-order valence-corrected chi connectivity index (χ0v) is 8.50. The molecule has 0 aromatic rings. The molecule has 80 valence electrons. The fourth-order valence-electron chi connectivity index (χ4n) is 1.13. The van der Waals surface area contributed by atoms with Gasteiger partial charge in [-0.15, -0.1) is 0 Å². The van der Waals surface area contributed by atoms with Crippen molar-refractivity contribution in [1.29, 1.82) is 0 Å². The highest BCUT2D eigenvalue weighted by Gasteiger charge is 2.06. The van der Waals surface area contributed by atoms with Crippen molar-refractivity contribution in [3.05, 3.63) is 0 Å². The highest BCUT2D eigenvalue weighted by molar-refractivity contribution is 4.63. The lowest BCUT2D eigenvalue weighted by Crippen LogP contribution is -2.45. The molecule has 0 bridgehead atoms. The number of hydrogen-bond donors (Lipinski definition) is 4. The lowest BCUT2D eigenvalue weighted by molar-refractivity contribution is 0.219. The van der Waals surface area contributed by atoms with E-state index in [2.05, 4.69) is 10.2 Å². The standard InChI is InChI=1S/C8H23N5/c1-8(11)13(6-3-10)7-5-12-4-2-9/h8,12H,2-7,9-11H2,1H3. The van der Waals surface area contributed by atoms with Crippen molar-refractivity contribution in [2.75, 3.05) is 39.3 Å². The van der Waals surface area contributed by atoms with Crippen molar-refractivity contribution in [2.24, 2.45) is 17.2 Å². The Bertz CT molecular complexity index is 107. The second-order valence-electron chi connectivity index (χ2n) is 3.10. The minimum absolute atomic E-state index is 0.0724. The summed E-state index contributed by atoms with van der Waals surface area (Å²) in [7, 11) is 0. The van der Waals surface area contributed by atoms with E-state index in [1.807, 2.05) is 6.92 Å². The molecule has 0 amide bonds. The van der Waals surface area contributed by atoms with Crippen LogP contribution in [0.15, 0.2) is 0 Å². The van der Waals surface area contributed by atoms with E-state index in [0.717, 1.165) is 26.2 Å². The third-order valence-electron chi connectivity index (χ3n) is 1.89. The lowest BCUT2D eigenvalue weighted by Gasteiger charge is -2.25. The van der Waals surface area contributed by atoms with Gasteiger partial charge in [-0.1, -0.05) is 0 Å². The van der Waals surface area contributed by atoms with E-state index < -0.39 is 0 Å². The molecule has 0 aliphatic rings. The first-order chi connectivity index (χ1) is 6.22. The average Bonchev–Trinajstić information content (AvgIpc) is 2.10. The van der Waals surface area contributed by atoms with Crippen LogP contribution in [0.5, 0.6) is 0 Å². The first kappa shape index (κ1) is 12.8. The van der Waals surface area contributed by atoms with E-state index in [9.17, 15) is 0 Å². The van der Waals surface area contributed by atoms with Gasteiger partial charge in [-0.2, -0.15) is 0 Å². The fraction of sp³-hybridized carbons (Fsp3) is 1.00. The maximum atomic E-state index is 5.76. The molecule has 13 heavy (non-hydrogen) atoms. The smallest absolute Gasteiger partial charge is 0.0543 e. The summed E-state index contributed by atoms with van der Waals surface area (Å²) < 4.78 is 0. The predicted octanol–water partition coefficient (Wildman–Crippen LogP) is -1.90. The molecule has 0 saturated heterocycles. The zero-order chi connectivity index (χ0) is 10.1. The Morgan fingerprint density at radius 3 is 2.31 bits per heavy atom. The molecule has 7 N–H and O–H groups in total. The van der Waals surface area contributed by atoms with Crippen LogP contribution < -0.4 is 22.5 Å². The summed E-state index contributed by atoms with van der Waals surface area (Å²) in [6.45, 7) is 6.84. The second-order valence-corrected chi connectivity index (χ2v) is 3.10. The van der Waals surface area contributed by atoms with Gasteiger partial charge in [-0.25, -0.2) is 0 Å². The summed E-state index contributed by atoms with van der Waals surface area (Å²) in [5.74, 6) is 0. The molecule has 5 nitrogen and oxygen atoms in total. The van der Waals surface area contributed by atoms with E-state index in [1.54, 1.807) is 0 Å². The van der Waals surface area contributed by atoms with Crippen molar-refractivity contribution in [2.45, 2.75) is 13.1 Å². The molecular formula is C8H23N5. The van der Waals surface area contributed by atoms with Gasteiger partial charge in [0.15, 0.2) is 0 Å². The Kier molecular flexibility index (Phi) is 8.27. The van der Waals surface area contributed by atoms with Gasteiger partial charge >= 0.3 is 0 Å². The molecule has 0 spiro atoms. The number of rotatable bonds is 8. The van der Waals surface area contributed by atoms with Gasteiger partial charge in [0.05, 0.1) is 6.17 Å². The third kappa shape index (κ3) is 6.92. The number of nitrogens with one attached hydrogen (secondary N) is 1. The summed E-state index contributed by atoms with van der Waals surface area (Å²) in [6.07, 6.45) is 0.0724. The van der Waals surface area contributed by atoms with Gasteiger partial charge in [0.25, 0.3) is 0 Å². The van der Waals surface area contributed by atoms with E-state index in [1.165, 1.54) is 0 Å². The number of hydrogen-bond acceptors (Lipinski definition) is 5. The summed E-state index contributed by atoms with van der Waals surface area (Å²) in [4.78, 5) is 2.14. The molecule has 0 aromatic carbocycles. The Labute approximate surface area is 80.6 Å². The predicted molar refractivity (Wildman–Crippen MR) is 56.2 cm³/mol. The molecule has 0 fully saturated rings. The van der Waals surface area contributed by atoms with Crippen molar-refractivity contribution < 1.29 is 0 Å². The summed E-state index contributed by atoms with van der Waals surface area (Å²) in [5.41, 5.74) is 16.6. The highest BCUT2D eigenvalue weighted by Crippen LogP contribution is 1.89. The second kappa shape index (κ2) is 8.40. The van der Waals surface area contributed by atoms with E-state index in [-0.39, 0.29) is 6.17 Å². The van der Waals surface area contributed by atoms with Crippen LogP contribution in [0, 0.1) is 0 Å². The molecule has 0 aliphatic heterocycles. The minimum atomic E-state index is 0.0724. The van der Waals surface area contributed by atoms with Crippen LogP contribution >= 0.6 is 0 Å². The van der Waals surface area contributed by atoms with Crippen molar-refractivity contribution in [3.8, 4) is 0 Å². The first-order valence-electron chi connectivity index (χ1n) is 4.82. The molecule has 1 atom stereocenters. The molecule has 0 heterocycles. The minimum Gasteiger partial charge on any atom is -0.329 e. The van der Waals surface area contributed by atoms with Gasteiger partial charge in [0.2, 0.25) is 0 Å². The van der Waals surface area contributed by atoms with Crippen molar-refractivity contribution >= 4 is 0 Å². The van der Waals surface area contributed by atoms with E-state index in [0.29, 0.717) is 13.1 Å². The van der Waals surface area contributed by atoms with Gasteiger partial charge in [0.1, 0.15) is 0 Å². The van der Waals surface area contributed by atoms with Crippen LogP contribution in [-0.4, -0.2) is 50.3 Å². The van der Waals surface area contributed by atoms with Gasteiger partial charge < -0.3 is 22.5 Å².